The molecule has 3 heteroatoms. The number of nitrogens with two attached hydrogens (primary N) is 1. The van der Waals surface area contributed by atoms with Crippen LogP contribution in [0.3, 0.4) is 0 Å². The van der Waals surface area contributed by atoms with Gasteiger partial charge in [0.2, 0.25) is 0 Å². The summed E-state index contributed by atoms with van der Waals surface area (Å²) in [5, 5.41) is 0. The molecule has 2 N–H and O–H groups in total. The predicted octanol–water partition coefficient (Wildman–Crippen LogP) is 2.17. The molecular weight excluding hydrogens is 198 g/mol. The zero-order valence-corrected chi connectivity index (χ0v) is 10.2. The molecule has 0 spiro atoms. The van der Waals surface area contributed by atoms with E-state index >= 15 is 0 Å². The van der Waals surface area contributed by atoms with E-state index in [9.17, 15) is 0 Å². The van der Waals surface area contributed by atoms with Crippen molar-refractivity contribution in [2.24, 2.45) is 11.7 Å². The normalized spacial score (nSPS) is 25.8. The first-order valence-corrected chi connectivity index (χ1v) is 6.13. The smallest absolute Gasteiger partial charge is 0.0772 e. The monoisotopic (exact) mass is 219 g/mol. The molecule has 1 aromatic heterocycles. The maximum absolute atomic E-state index is 5.74. The van der Waals surface area contributed by atoms with E-state index in [4.69, 9.17) is 5.73 Å². The Labute approximate surface area is 97.7 Å². The lowest BCUT2D eigenvalue weighted by Crippen LogP contribution is -2.41. The van der Waals surface area contributed by atoms with Crippen molar-refractivity contribution in [1.29, 1.82) is 0 Å². The molecule has 1 fully saturated rings. The molecular formula is C13H21N3. The molecule has 0 aromatic carbocycles. The molecule has 2 rings (SSSR count). The van der Waals surface area contributed by atoms with E-state index in [-0.39, 0.29) is 0 Å². The van der Waals surface area contributed by atoms with Gasteiger partial charge in [-0.05, 0) is 37.8 Å². The molecule has 0 aliphatic carbocycles. The van der Waals surface area contributed by atoms with Crippen LogP contribution >= 0.6 is 0 Å². The summed E-state index contributed by atoms with van der Waals surface area (Å²) in [6.45, 7) is 6.28. The summed E-state index contributed by atoms with van der Waals surface area (Å²) >= 11 is 0. The summed E-state index contributed by atoms with van der Waals surface area (Å²) in [6.07, 6.45) is 4.35. The summed E-state index contributed by atoms with van der Waals surface area (Å²) in [5.41, 5.74) is 7.98. The molecule has 1 aliphatic rings. The molecule has 0 amide bonds. The van der Waals surface area contributed by atoms with Gasteiger partial charge < -0.3 is 10.6 Å². The van der Waals surface area contributed by atoms with Crippen molar-refractivity contribution in [3.63, 3.8) is 0 Å². The van der Waals surface area contributed by atoms with Gasteiger partial charge in [0.15, 0.2) is 0 Å². The molecule has 1 aromatic rings. The van der Waals surface area contributed by atoms with Crippen molar-refractivity contribution in [1.82, 2.24) is 4.98 Å². The molecule has 1 aliphatic heterocycles. The average molecular weight is 219 g/mol. The zero-order chi connectivity index (χ0) is 11.5. The molecule has 2 heterocycles. The van der Waals surface area contributed by atoms with E-state index in [0.717, 1.165) is 18.2 Å². The molecule has 2 unspecified atom stereocenters. The number of anilines is 1. The summed E-state index contributed by atoms with van der Waals surface area (Å²) in [7, 11) is 0. The minimum atomic E-state index is 0.523. The lowest BCUT2D eigenvalue weighted by molar-refractivity contribution is 0.377. The highest BCUT2D eigenvalue weighted by atomic mass is 15.2. The van der Waals surface area contributed by atoms with Gasteiger partial charge in [0.25, 0.3) is 0 Å². The number of hydrogen-bond acceptors (Lipinski definition) is 3. The maximum Gasteiger partial charge on any atom is 0.0772 e. The van der Waals surface area contributed by atoms with Crippen LogP contribution in [0.2, 0.25) is 0 Å². The van der Waals surface area contributed by atoms with Crippen molar-refractivity contribution in [3.8, 4) is 0 Å². The fourth-order valence-electron chi connectivity index (χ4n) is 2.61. The first-order valence-electron chi connectivity index (χ1n) is 6.13. The van der Waals surface area contributed by atoms with Crippen molar-refractivity contribution in [2.75, 3.05) is 11.4 Å². The quantitative estimate of drug-likeness (QED) is 0.829. The number of rotatable bonds is 2. The second-order valence-corrected chi connectivity index (χ2v) is 4.85. The van der Waals surface area contributed by atoms with Crippen LogP contribution in [0.5, 0.6) is 0 Å². The fraction of sp³-hybridized carbons (Fsp3) is 0.615. The minimum Gasteiger partial charge on any atom is -0.367 e. The lowest BCUT2D eigenvalue weighted by Gasteiger charge is -2.38. The van der Waals surface area contributed by atoms with E-state index in [0.29, 0.717) is 12.6 Å². The van der Waals surface area contributed by atoms with Crippen LogP contribution in [0.15, 0.2) is 18.3 Å². The largest absolute Gasteiger partial charge is 0.367 e. The van der Waals surface area contributed by atoms with Crippen LogP contribution in [0.4, 0.5) is 5.69 Å². The maximum atomic E-state index is 5.74. The Kier molecular flexibility index (Phi) is 3.44. The van der Waals surface area contributed by atoms with E-state index in [2.05, 4.69) is 29.8 Å². The number of aromatic nitrogens is 1. The van der Waals surface area contributed by atoms with Crippen LogP contribution in [0.25, 0.3) is 0 Å². The predicted molar refractivity (Wildman–Crippen MR) is 67.3 cm³/mol. The fourth-order valence-corrected chi connectivity index (χ4v) is 2.61. The molecule has 16 heavy (non-hydrogen) atoms. The highest BCUT2D eigenvalue weighted by Gasteiger charge is 2.24. The van der Waals surface area contributed by atoms with Crippen molar-refractivity contribution in [3.05, 3.63) is 24.0 Å². The molecule has 0 saturated carbocycles. The standard InChI is InChI=1S/C13H21N3/c1-10-5-7-16(11(2)8-10)13-4-3-6-15-12(13)9-14/h3-4,6,10-11H,5,7-9,14H2,1-2H3. The van der Waals surface area contributed by atoms with Gasteiger partial charge in [-0.3, -0.25) is 4.98 Å². The summed E-state index contributed by atoms with van der Waals surface area (Å²) in [5.74, 6) is 0.837. The minimum absolute atomic E-state index is 0.523. The second-order valence-electron chi connectivity index (χ2n) is 4.85. The molecule has 1 saturated heterocycles. The van der Waals surface area contributed by atoms with E-state index in [1.807, 2.05) is 12.3 Å². The van der Waals surface area contributed by atoms with Crippen LogP contribution in [0, 0.1) is 5.92 Å². The molecule has 0 bridgehead atoms. The number of piperidine rings is 1. The first kappa shape index (κ1) is 11.4. The van der Waals surface area contributed by atoms with Gasteiger partial charge in [0.1, 0.15) is 0 Å². The van der Waals surface area contributed by atoms with E-state index in [1.54, 1.807) is 0 Å². The Hall–Kier alpha value is -1.09. The average Bonchev–Trinajstić information content (AvgIpc) is 2.29. The highest BCUT2D eigenvalue weighted by molar-refractivity contribution is 5.51. The summed E-state index contributed by atoms with van der Waals surface area (Å²) < 4.78 is 0. The van der Waals surface area contributed by atoms with Crippen molar-refractivity contribution < 1.29 is 0 Å². The van der Waals surface area contributed by atoms with Crippen LogP contribution in [-0.2, 0) is 6.54 Å². The van der Waals surface area contributed by atoms with Gasteiger partial charge in [-0.1, -0.05) is 6.92 Å². The van der Waals surface area contributed by atoms with Crippen LogP contribution in [0.1, 0.15) is 32.4 Å². The molecule has 0 radical (unpaired) electrons. The molecule has 88 valence electrons. The van der Waals surface area contributed by atoms with Crippen molar-refractivity contribution >= 4 is 5.69 Å². The van der Waals surface area contributed by atoms with Gasteiger partial charge >= 0.3 is 0 Å². The second kappa shape index (κ2) is 4.83. The third kappa shape index (κ3) is 2.19. The Morgan fingerprint density at radius 3 is 3.00 bits per heavy atom. The van der Waals surface area contributed by atoms with Crippen molar-refractivity contribution in [2.45, 2.75) is 39.3 Å². The Morgan fingerprint density at radius 1 is 1.50 bits per heavy atom. The Bertz CT molecular complexity index is 351. The molecule has 3 nitrogen and oxygen atoms in total. The topological polar surface area (TPSA) is 42.2 Å². The number of nitrogens with zero attached hydrogens (tertiary/aromatic N) is 2. The third-order valence-electron chi connectivity index (χ3n) is 3.51. The lowest BCUT2D eigenvalue weighted by atomic mass is 9.93. The van der Waals surface area contributed by atoms with Gasteiger partial charge in [-0.2, -0.15) is 0 Å². The van der Waals surface area contributed by atoms with Crippen LogP contribution < -0.4 is 10.6 Å². The molecule has 2 atom stereocenters. The van der Waals surface area contributed by atoms with Gasteiger partial charge in [-0.25, -0.2) is 0 Å². The Morgan fingerprint density at radius 2 is 2.31 bits per heavy atom. The summed E-state index contributed by atoms with van der Waals surface area (Å²) in [4.78, 5) is 6.81. The van der Waals surface area contributed by atoms with E-state index < -0.39 is 0 Å². The highest BCUT2D eigenvalue weighted by Crippen LogP contribution is 2.29. The van der Waals surface area contributed by atoms with Gasteiger partial charge in [-0.15, -0.1) is 0 Å². The first-order chi connectivity index (χ1) is 7.72. The Balaban J connectivity index is 2.23. The number of pyridine rings is 1. The summed E-state index contributed by atoms with van der Waals surface area (Å²) in [6, 6.07) is 4.74. The van der Waals surface area contributed by atoms with Gasteiger partial charge in [0.05, 0.1) is 11.4 Å². The zero-order valence-electron chi connectivity index (χ0n) is 10.2. The number of hydrogen-bond donors (Lipinski definition) is 1. The van der Waals surface area contributed by atoms with Gasteiger partial charge in [0, 0.05) is 25.3 Å². The van der Waals surface area contributed by atoms with Crippen LogP contribution in [-0.4, -0.2) is 17.6 Å². The third-order valence-corrected chi connectivity index (χ3v) is 3.51. The van der Waals surface area contributed by atoms with E-state index in [1.165, 1.54) is 18.5 Å². The SMILES string of the molecule is CC1CCN(c2cccnc2CN)C(C)C1.